The average molecular weight is 280 g/mol. The van der Waals surface area contributed by atoms with E-state index in [4.69, 9.17) is 14.6 Å². The second kappa shape index (κ2) is 5.05. The van der Waals surface area contributed by atoms with E-state index in [1.807, 2.05) is 0 Å². The molecule has 1 saturated carbocycles. The average Bonchev–Trinajstić information content (AvgIpc) is 2.36. The summed E-state index contributed by atoms with van der Waals surface area (Å²) in [6.45, 7) is 0.645. The summed E-state index contributed by atoms with van der Waals surface area (Å²) in [5, 5.41) is 8.93. The zero-order chi connectivity index (χ0) is 14.2. The van der Waals surface area contributed by atoms with Gasteiger partial charge in [-0.25, -0.2) is 9.18 Å². The van der Waals surface area contributed by atoms with Crippen molar-refractivity contribution in [3.05, 3.63) is 29.6 Å². The minimum atomic E-state index is -1.16. The van der Waals surface area contributed by atoms with Crippen molar-refractivity contribution in [2.45, 2.75) is 43.8 Å². The van der Waals surface area contributed by atoms with Crippen LogP contribution in [0.25, 0.3) is 0 Å². The lowest BCUT2D eigenvalue weighted by molar-refractivity contribution is -0.153. The lowest BCUT2D eigenvalue weighted by Gasteiger charge is -2.46. The number of hydrogen-bond donors (Lipinski definition) is 1. The molecular weight excluding hydrogens is 263 g/mol. The number of carboxylic acid groups (broad SMARTS) is 1. The molecule has 4 nitrogen and oxygen atoms in total. The van der Waals surface area contributed by atoms with Gasteiger partial charge in [0.2, 0.25) is 0 Å². The Morgan fingerprint density at radius 3 is 2.85 bits per heavy atom. The van der Waals surface area contributed by atoms with Gasteiger partial charge in [-0.2, -0.15) is 0 Å². The summed E-state index contributed by atoms with van der Waals surface area (Å²) < 4.78 is 25.0. The van der Waals surface area contributed by atoms with E-state index >= 15 is 0 Å². The number of aromatic carboxylic acids is 1. The molecule has 1 aliphatic heterocycles. The smallest absolute Gasteiger partial charge is 0.335 e. The Balaban J connectivity index is 1.72. The van der Waals surface area contributed by atoms with Gasteiger partial charge in [0.15, 0.2) is 0 Å². The van der Waals surface area contributed by atoms with Gasteiger partial charge in [-0.15, -0.1) is 0 Å². The van der Waals surface area contributed by atoms with Gasteiger partial charge in [0.05, 0.1) is 17.8 Å². The summed E-state index contributed by atoms with van der Waals surface area (Å²) >= 11 is 0. The molecule has 1 heterocycles. The highest BCUT2D eigenvalue weighted by Crippen LogP contribution is 2.43. The maximum atomic E-state index is 13.4. The van der Waals surface area contributed by atoms with E-state index in [1.54, 1.807) is 0 Å². The van der Waals surface area contributed by atoms with Crippen LogP contribution in [-0.2, 0) is 4.74 Å². The van der Waals surface area contributed by atoms with E-state index in [1.165, 1.54) is 18.6 Å². The van der Waals surface area contributed by atoms with Gasteiger partial charge < -0.3 is 14.6 Å². The largest absolute Gasteiger partial charge is 0.490 e. The van der Waals surface area contributed by atoms with Crippen molar-refractivity contribution >= 4 is 5.97 Å². The Bertz CT molecular complexity index is 525. The number of carboxylic acids is 1. The number of benzene rings is 1. The SMILES string of the molecule is O=C(O)c1cc(F)cc(OC2CCOC3(CCC3)C2)c1. The molecule has 0 amide bonds. The molecule has 2 aliphatic rings. The van der Waals surface area contributed by atoms with Gasteiger partial charge in [0, 0.05) is 18.9 Å². The molecule has 1 spiro atoms. The van der Waals surface area contributed by atoms with Crippen molar-refractivity contribution in [1.29, 1.82) is 0 Å². The second-order valence-electron chi connectivity index (χ2n) is 5.60. The Morgan fingerprint density at radius 2 is 2.20 bits per heavy atom. The minimum absolute atomic E-state index is 0.0347. The van der Waals surface area contributed by atoms with E-state index in [0.29, 0.717) is 6.61 Å². The van der Waals surface area contributed by atoms with Crippen LogP contribution in [-0.4, -0.2) is 29.4 Å². The number of rotatable bonds is 3. The van der Waals surface area contributed by atoms with Gasteiger partial charge in [-0.05, 0) is 31.4 Å². The fraction of sp³-hybridized carbons (Fsp3) is 0.533. The molecule has 5 heteroatoms. The Labute approximate surface area is 116 Å². The van der Waals surface area contributed by atoms with Crippen LogP contribution in [0, 0.1) is 5.82 Å². The van der Waals surface area contributed by atoms with Crippen LogP contribution in [0.1, 0.15) is 42.5 Å². The highest BCUT2D eigenvalue weighted by atomic mass is 19.1. The van der Waals surface area contributed by atoms with Crippen LogP contribution in [0.3, 0.4) is 0 Å². The highest BCUT2D eigenvalue weighted by molar-refractivity contribution is 5.88. The monoisotopic (exact) mass is 280 g/mol. The number of ether oxygens (including phenoxy) is 2. The standard InChI is InChI=1S/C15H17FO4/c16-11-6-10(14(17)18)7-13(8-11)20-12-2-5-19-15(9-12)3-1-4-15/h6-8,12H,1-5,9H2,(H,17,18). The quantitative estimate of drug-likeness (QED) is 0.924. The first-order chi connectivity index (χ1) is 9.56. The first-order valence-electron chi connectivity index (χ1n) is 6.91. The Kier molecular flexibility index (Phi) is 3.38. The zero-order valence-corrected chi connectivity index (χ0v) is 11.1. The van der Waals surface area contributed by atoms with Crippen LogP contribution in [0.4, 0.5) is 4.39 Å². The summed E-state index contributed by atoms with van der Waals surface area (Å²) in [5.41, 5.74) is -0.142. The van der Waals surface area contributed by atoms with Gasteiger partial charge in [-0.1, -0.05) is 0 Å². The van der Waals surface area contributed by atoms with Crippen LogP contribution in [0.5, 0.6) is 5.75 Å². The van der Waals surface area contributed by atoms with Crippen molar-refractivity contribution < 1.29 is 23.8 Å². The predicted molar refractivity (Wildman–Crippen MR) is 69.5 cm³/mol. The van der Waals surface area contributed by atoms with Gasteiger partial charge in [0.1, 0.15) is 17.7 Å². The third-order valence-corrected chi connectivity index (χ3v) is 4.13. The maximum absolute atomic E-state index is 13.4. The third-order valence-electron chi connectivity index (χ3n) is 4.13. The van der Waals surface area contributed by atoms with Gasteiger partial charge >= 0.3 is 5.97 Å². The van der Waals surface area contributed by atoms with Crippen molar-refractivity contribution in [3.8, 4) is 5.75 Å². The molecule has 0 aromatic heterocycles. The summed E-state index contributed by atoms with van der Waals surface area (Å²) in [7, 11) is 0. The molecule has 108 valence electrons. The van der Waals surface area contributed by atoms with Crippen LogP contribution >= 0.6 is 0 Å². The topological polar surface area (TPSA) is 55.8 Å². The predicted octanol–water partition coefficient (Wildman–Crippen LogP) is 3.00. The molecule has 1 atom stereocenters. The first-order valence-corrected chi connectivity index (χ1v) is 6.91. The number of halogens is 1. The fourth-order valence-corrected chi connectivity index (χ4v) is 2.95. The third kappa shape index (κ3) is 2.63. The van der Waals surface area contributed by atoms with Gasteiger partial charge in [0.25, 0.3) is 0 Å². The lowest BCUT2D eigenvalue weighted by atomic mass is 9.74. The molecule has 20 heavy (non-hydrogen) atoms. The van der Waals surface area contributed by atoms with E-state index in [-0.39, 0.29) is 23.0 Å². The summed E-state index contributed by atoms with van der Waals surface area (Å²) in [6.07, 6.45) is 4.79. The Morgan fingerprint density at radius 1 is 1.40 bits per heavy atom. The van der Waals surface area contributed by atoms with E-state index < -0.39 is 11.8 Å². The van der Waals surface area contributed by atoms with Crippen molar-refractivity contribution in [2.24, 2.45) is 0 Å². The molecule has 0 radical (unpaired) electrons. The van der Waals surface area contributed by atoms with Crippen molar-refractivity contribution in [3.63, 3.8) is 0 Å². The lowest BCUT2D eigenvalue weighted by Crippen LogP contribution is -2.48. The molecule has 1 N–H and O–H groups in total. The van der Waals surface area contributed by atoms with E-state index in [2.05, 4.69) is 0 Å². The van der Waals surface area contributed by atoms with Crippen molar-refractivity contribution in [1.82, 2.24) is 0 Å². The fourth-order valence-electron chi connectivity index (χ4n) is 2.95. The molecular formula is C15H17FO4. The van der Waals surface area contributed by atoms with Crippen LogP contribution in [0.15, 0.2) is 18.2 Å². The van der Waals surface area contributed by atoms with Crippen LogP contribution in [0.2, 0.25) is 0 Å². The summed E-state index contributed by atoms with van der Waals surface area (Å²) in [6, 6.07) is 3.59. The molecule has 1 unspecified atom stereocenters. The molecule has 2 fully saturated rings. The number of hydrogen-bond acceptors (Lipinski definition) is 3. The molecule has 3 rings (SSSR count). The normalized spacial score (nSPS) is 24.1. The molecule has 1 aromatic rings. The van der Waals surface area contributed by atoms with Crippen LogP contribution < -0.4 is 4.74 Å². The van der Waals surface area contributed by atoms with E-state index in [9.17, 15) is 9.18 Å². The maximum Gasteiger partial charge on any atom is 0.335 e. The molecule has 1 aromatic carbocycles. The minimum Gasteiger partial charge on any atom is -0.490 e. The second-order valence-corrected chi connectivity index (χ2v) is 5.60. The van der Waals surface area contributed by atoms with Gasteiger partial charge in [-0.3, -0.25) is 0 Å². The first kappa shape index (κ1) is 13.4. The summed E-state index contributed by atoms with van der Waals surface area (Å²) in [4.78, 5) is 10.9. The van der Waals surface area contributed by atoms with E-state index in [0.717, 1.165) is 31.7 Å². The zero-order valence-electron chi connectivity index (χ0n) is 11.1. The van der Waals surface area contributed by atoms with Crippen molar-refractivity contribution in [2.75, 3.05) is 6.61 Å². The molecule has 1 aliphatic carbocycles. The molecule has 1 saturated heterocycles. The number of carbonyl (C=O) groups is 1. The summed E-state index contributed by atoms with van der Waals surface area (Å²) in [5.74, 6) is -1.47. The molecule has 0 bridgehead atoms. The Hall–Kier alpha value is -1.62. The highest BCUT2D eigenvalue weighted by Gasteiger charge is 2.43.